The van der Waals surface area contributed by atoms with Gasteiger partial charge in [-0.05, 0) is 49.4 Å². The molecule has 1 fully saturated rings. The first-order chi connectivity index (χ1) is 7.29. The van der Waals surface area contributed by atoms with Gasteiger partial charge in [-0.15, -0.1) is 0 Å². The van der Waals surface area contributed by atoms with Crippen LogP contribution in [-0.2, 0) is 0 Å². The van der Waals surface area contributed by atoms with E-state index in [0.717, 1.165) is 18.9 Å². The number of rotatable bonds is 5. The minimum atomic E-state index is -0.157. The third kappa shape index (κ3) is 3.03. The summed E-state index contributed by atoms with van der Waals surface area (Å²) in [7, 11) is 0. The Morgan fingerprint density at radius 3 is 2.53 bits per heavy atom. The molecule has 1 aromatic carbocycles. The third-order valence-corrected chi connectivity index (χ3v) is 3.03. The molecule has 0 aromatic heterocycles. The lowest BCUT2D eigenvalue weighted by molar-refractivity contribution is 0.501. The Morgan fingerprint density at radius 2 is 2.00 bits per heavy atom. The summed E-state index contributed by atoms with van der Waals surface area (Å²) in [5.41, 5.74) is 1.19. The van der Waals surface area contributed by atoms with Crippen LogP contribution in [0.25, 0.3) is 0 Å². The molecular weight excluding hydrogens is 189 g/mol. The van der Waals surface area contributed by atoms with Gasteiger partial charge >= 0.3 is 0 Å². The lowest BCUT2D eigenvalue weighted by Gasteiger charge is -2.17. The van der Waals surface area contributed by atoms with Crippen LogP contribution in [0.15, 0.2) is 24.3 Å². The third-order valence-electron chi connectivity index (χ3n) is 3.03. The maximum atomic E-state index is 12.8. The summed E-state index contributed by atoms with van der Waals surface area (Å²) in [5.74, 6) is 0.732. The van der Waals surface area contributed by atoms with Crippen LogP contribution in [0, 0.1) is 11.7 Å². The summed E-state index contributed by atoms with van der Waals surface area (Å²) < 4.78 is 12.8. The second kappa shape index (κ2) is 4.75. The van der Waals surface area contributed by atoms with E-state index in [-0.39, 0.29) is 5.82 Å². The van der Waals surface area contributed by atoms with E-state index in [1.807, 2.05) is 12.1 Å². The van der Waals surface area contributed by atoms with E-state index >= 15 is 0 Å². The van der Waals surface area contributed by atoms with Crippen molar-refractivity contribution in [1.82, 2.24) is 5.32 Å². The van der Waals surface area contributed by atoms with Gasteiger partial charge in [0.2, 0.25) is 0 Å². The van der Waals surface area contributed by atoms with Crippen LogP contribution in [0.4, 0.5) is 4.39 Å². The van der Waals surface area contributed by atoms with Gasteiger partial charge in [0.1, 0.15) is 5.82 Å². The van der Waals surface area contributed by atoms with Crippen molar-refractivity contribution < 1.29 is 4.39 Å². The minimum Gasteiger partial charge on any atom is -0.310 e. The first-order valence-electron chi connectivity index (χ1n) is 5.78. The van der Waals surface area contributed by atoms with Crippen LogP contribution in [0.2, 0.25) is 0 Å². The van der Waals surface area contributed by atoms with Crippen molar-refractivity contribution in [3.05, 3.63) is 35.6 Å². The number of hydrogen-bond acceptors (Lipinski definition) is 1. The van der Waals surface area contributed by atoms with Crippen molar-refractivity contribution in [1.29, 1.82) is 0 Å². The molecule has 0 radical (unpaired) electrons. The van der Waals surface area contributed by atoms with E-state index in [4.69, 9.17) is 0 Å². The topological polar surface area (TPSA) is 12.0 Å². The standard InChI is InChI=1S/C13H18FN/c1-2-13(15-9-10-3-4-10)11-5-7-12(14)8-6-11/h5-8,10,13,15H,2-4,9H2,1H3. The van der Waals surface area contributed by atoms with E-state index in [1.54, 1.807) is 0 Å². The van der Waals surface area contributed by atoms with Crippen LogP contribution in [0.1, 0.15) is 37.8 Å². The highest BCUT2D eigenvalue weighted by Gasteiger charge is 2.22. The Morgan fingerprint density at radius 1 is 1.33 bits per heavy atom. The molecule has 2 rings (SSSR count). The molecule has 15 heavy (non-hydrogen) atoms. The highest BCUT2D eigenvalue weighted by molar-refractivity contribution is 5.19. The monoisotopic (exact) mass is 207 g/mol. The second-order valence-corrected chi connectivity index (χ2v) is 4.36. The summed E-state index contributed by atoms with van der Waals surface area (Å²) in [6.45, 7) is 3.27. The molecule has 82 valence electrons. The van der Waals surface area contributed by atoms with Crippen molar-refractivity contribution in [2.45, 2.75) is 32.2 Å². The normalized spacial score (nSPS) is 17.7. The van der Waals surface area contributed by atoms with Gasteiger partial charge in [0, 0.05) is 6.04 Å². The van der Waals surface area contributed by atoms with E-state index in [2.05, 4.69) is 12.2 Å². The molecule has 1 saturated carbocycles. The molecule has 0 heterocycles. The fourth-order valence-electron chi connectivity index (χ4n) is 1.82. The number of halogens is 1. The van der Waals surface area contributed by atoms with Crippen LogP contribution in [-0.4, -0.2) is 6.54 Å². The first-order valence-corrected chi connectivity index (χ1v) is 5.78. The van der Waals surface area contributed by atoms with Crippen LogP contribution in [0.5, 0.6) is 0 Å². The molecule has 1 atom stereocenters. The van der Waals surface area contributed by atoms with E-state index in [9.17, 15) is 4.39 Å². The SMILES string of the molecule is CCC(NCC1CC1)c1ccc(F)cc1. The van der Waals surface area contributed by atoms with Crippen molar-refractivity contribution in [2.75, 3.05) is 6.54 Å². The fraction of sp³-hybridized carbons (Fsp3) is 0.538. The molecule has 0 aliphatic heterocycles. The number of nitrogens with one attached hydrogen (secondary N) is 1. The molecule has 1 aromatic rings. The van der Waals surface area contributed by atoms with E-state index in [0.29, 0.717) is 6.04 Å². The zero-order valence-electron chi connectivity index (χ0n) is 9.17. The molecule has 0 saturated heterocycles. The average molecular weight is 207 g/mol. The fourth-order valence-corrected chi connectivity index (χ4v) is 1.82. The molecule has 2 heteroatoms. The van der Waals surface area contributed by atoms with E-state index < -0.39 is 0 Å². The molecule has 0 spiro atoms. The predicted molar refractivity (Wildman–Crippen MR) is 60.2 cm³/mol. The maximum absolute atomic E-state index is 12.8. The number of hydrogen-bond donors (Lipinski definition) is 1. The smallest absolute Gasteiger partial charge is 0.123 e. The molecule has 1 nitrogen and oxygen atoms in total. The summed E-state index contributed by atoms with van der Waals surface area (Å²) >= 11 is 0. The lowest BCUT2D eigenvalue weighted by atomic mass is 10.0. The summed E-state index contributed by atoms with van der Waals surface area (Å²) in [6.07, 6.45) is 3.79. The van der Waals surface area contributed by atoms with Gasteiger partial charge < -0.3 is 5.32 Å². The van der Waals surface area contributed by atoms with Gasteiger partial charge in [-0.25, -0.2) is 4.39 Å². The molecule has 1 aliphatic carbocycles. The first kappa shape index (κ1) is 10.6. The van der Waals surface area contributed by atoms with Gasteiger partial charge in [-0.1, -0.05) is 19.1 Å². The average Bonchev–Trinajstić information content (AvgIpc) is 3.05. The molecule has 0 bridgehead atoms. The van der Waals surface area contributed by atoms with Crippen molar-refractivity contribution in [3.8, 4) is 0 Å². The molecule has 0 amide bonds. The van der Waals surface area contributed by atoms with Crippen LogP contribution in [0.3, 0.4) is 0 Å². The van der Waals surface area contributed by atoms with Crippen molar-refractivity contribution >= 4 is 0 Å². The van der Waals surface area contributed by atoms with Crippen molar-refractivity contribution in [2.24, 2.45) is 5.92 Å². The highest BCUT2D eigenvalue weighted by atomic mass is 19.1. The van der Waals surface area contributed by atoms with E-state index in [1.165, 1.54) is 30.5 Å². The van der Waals surface area contributed by atoms with Crippen LogP contribution < -0.4 is 5.32 Å². The zero-order valence-corrected chi connectivity index (χ0v) is 9.17. The van der Waals surface area contributed by atoms with Gasteiger partial charge in [0.15, 0.2) is 0 Å². The summed E-state index contributed by atoms with van der Waals surface area (Å²) in [6, 6.07) is 7.21. The summed E-state index contributed by atoms with van der Waals surface area (Å²) in [4.78, 5) is 0. The predicted octanol–water partition coefficient (Wildman–Crippen LogP) is 3.28. The Labute approximate surface area is 90.7 Å². The summed E-state index contributed by atoms with van der Waals surface area (Å²) in [5, 5.41) is 3.54. The van der Waals surface area contributed by atoms with Crippen LogP contribution >= 0.6 is 0 Å². The lowest BCUT2D eigenvalue weighted by Crippen LogP contribution is -2.22. The Balaban J connectivity index is 1.94. The Kier molecular flexibility index (Phi) is 3.37. The van der Waals surface area contributed by atoms with Crippen molar-refractivity contribution in [3.63, 3.8) is 0 Å². The Bertz CT molecular complexity index is 303. The quantitative estimate of drug-likeness (QED) is 0.781. The maximum Gasteiger partial charge on any atom is 0.123 e. The highest BCUT2D eigenvalue weighted by Crippen LogP contribution is 2.29. The molecule has 1 N–H and O–H groups in total. The van der Waals surface area contributed by atoms with Gasteiger partial charge in [0.25, 0.3) is 0 Å². The molecular formula is C13H18FN. The largest absolute Gasteiger partial charge is 0.310 e. The van der Waals surface area contributed by atoms with Gasteiger partial charge in [0.05, 0.1) is 0 Å². The van der Waals surface area contributed by atoms with Gasteiger partial charge in [-0.2, -0.15) is 0 Å². The second-order valence-electron chi connectivity index (χ2n) is 4.36. The number of benzene rings is 1. The molecule has 1 unspecified atom stereocenters. The minimum absolute atomic E-state index is 0.157. The molecule has 1 aliphatic rings. The zero-order chi connectivity index (χ0) is 10.7. The Hall–Kier alpha value is -0.890. The van der Waals surface area contributed by atoms with Gasteiger partial charge in [-0.3, -0.25) is 0 Å².